The second-order valence-corrected chi connectivity index (χ2v) is 4.42. The topological polar surface area (TPSA) is 73.7 Å². The Labute approximate surface area is 112 Å². The lowest BCUT2D eigenvalue weighted by Crippen LogP contribution is -2.09. The fourth-order valence-electron chi connectivity index (χ4n) is 1.67. The summed E-state index contributed by atoms with van der Waals surface area (Å²) in [5, 5.41) is 19.0. The van der Waals surface area contributed by atoms with E-state index in [1.165, 1.54) is 0 Å². The minimum atomic E-state index is 0.0839. The molecule has 0 fully saturated rings. The van der Waals surface area contributed by atoms with Crippen LogP contribution in [0.15, 0.2) is 30.5 Å². The molecule has 1 aromatic heterocycles. The van der Waals surface area contributed by atoms with E-state index in [0.717, 1.165) is 17.1 Å². The second kappa shape index (κ2) is 5.91. The molecule has 2 aromatic rings. The Morgan fingerprint density at radius 1 is 1.42 bits per heavy atom. The molecule has 0 radical (unpaired) electrons. The quantitative estimate of drug-likeness (QED) is 0.862. The van der Waals surface area contributed by atoms with Gasteiger partial charge in [0.15, 0.2) is 0 Å². The first-order valence-electron chi connectivity index (χ1n) is 6.12. The Morgan fingerprint density at radius 3 is 2.89 bits per heavy atom. The third-order valence-corrected chi connectivity index (χ3v) is 2.50. The summed E-state index contributed by atoms with van der Waals surface area (Å²) < 4.78 is 5.72. The minimum Gasteiger partial charge on any atom is -0.489 e. The molecule has 19 heavy (non-hydrogen) atoms. The summed E-state index contributed by atoms with van der Waals surface area (Å²) in [4.78, 5) is 0. The molecule has 5 nitrogen and oxygen atoms in total. The molecule has 2 N–H and O–H groups in total. The highest BCUT2D eigenvalue weighted by Gasteiger charge is 2.07. The summed E-state index contributed by atoms with van der Waals surface area (Å²) in [7, 11) is 0. The van der Waals surface area contributed by atoms with Crippen molar-refractivity contribution in [3.05, 3.63) is 41.7 Å². The van der Waals surface area contributed by atoms with Gasteiger partial charge >= 0.3 is 0 Å². The van der Waals surface area contributed by atoms with E-state index in [0.29, 0.717) is 12.1 Å². The lowest BCUT2D eigenvalue weighted by atomic mass is 10.2. The number of nitriles is 1. The molecule has 0 aliphatic rings. The molecule has 0 aliphatic heterocycles. The predicted molar refractivity (Wildman–Crippen MR) is 72.8 cm³/mol. The molecule has 0 saturated heterocycles. The van der Waals surface area contributed by atoms with Crippen LogP contribution < -0.4 is 10.1 Å². The van der Waals surface area contributed by atoms with Crippen LogP contribution in [-0.4, -0.2) is 16.3 Å². The van der Waals surface area contributed by atoms with E-state index in [4.69, 9.17) is 10.00 Å². The number of rotatable bonds is 5. The highest BCUT2D eigenvalue weighted by Crippen LogP contribution is 2.27. The number of hydrogen-bond acceptors (Lipinski definition) is 4. The van der Waals surface area contributed by atoms with Gasteiger partial charge in [-0.2, -0.15) is 10.4 Å². The monoisotopic (exact) mass is 256 g/mol. The van der Waals surface area contributed by atoms with Gasteiger partial charge in [0.2, 0.25) is 0 Å². The molecule has 0 unspecified atom stereocenters. The van der Waals surface area contributed by atoms with Gasteiger partial charge in [-0.25, -0.2) is 0 Å². The molecular formula is C14H16N4O. The van der Waals surface area contributed by atoms with Gasteiger partial charge < -0.3 is 10.1 Å². The molecule has 0 amide bonds. The molecule has 5 heteroatoms. The number of aromatic nitrogens is 2. The zero-order valence-corrected chi connectivity index (χ0v) is 11.0. The zero-order chi connectivity index (χ0) is 13.7. The standard InChI is InChI=1S/C14H16N4O/c1-10(2)19-14-4-3-11(8-15)7-13(14)16-9-12-5-6-17-18-12/h3-7,10,16H,9H2,1-2H3,(H,17,18). The molecular weight excluding hydrogens is 240 g/mol. The first-order valence-corrected chi connectivity index (χ1v) is 6.12. The van der Waals surface area contributed by atoms with Crippen molar-refractivity contribution < 1.29 is 4.74 Å². The van der Waals surface area contributed by atoms with E-state index in [2.05, 4.69) is 21.6 Å². The Balaban J connectivity index is 2.17. The van der Waals surface area contributed by atoms with Crippen LogP contribution in [0.5, 0.6) is 5.75 Å². The van der Waals surface area contributed by atoms with Crippen LogP contribution in [0.25, 0.3) is 0 Å². The summed E-state index contributed by atoms with van der Waals surface area (Å²) in [5.41, 5.74) is 2.38. The van der Waals surface area contributed by atoms with Gasteiger partial charge in [0.25, 0.3) is 0 Å². The average molecular weight is 256 g/mol. The van der Waals surface area contributed by atoms with E-state index < -0.39 is 0 Å². The molecule has 98 valence electrons. The lowest BCUT2D eigenvalue weighted by molar-refractivity contribution is 0.243. The Morgan fingerprint density at radius 2 is 2.26 bits per heavy atom. The van der Waals surface area contributed by atoms with Gasteiger partial charge in [0, 0.05) is 6.20 Å². The van der Waals surface area contributed by atoms with Gasteiger partial charge in [0.1, 0.15) is 5.75 Å². The number of benzene rings is 1. The maximum absolute atomic E-state index is 8.95. The summed E-state index contributed by atoms with van der Waals surface area (Å²) in [6.07, 6.45) is 1.79. The average Bonchev–Trinajstić information content (AvgIpc) is 2.90. The van der Waals surface area contributed by atoms with Crippen molar-refractivity contribution in [1.82, 2.24) is 10.2 Å². The first-order chi connectivity index (χ1) is 9.19. The SMILES string of the molecule is CC(C)Oc1ccc(C#N)cc1NCc1ccn[nH]1. The molecule has 0 bridgehead atoms. The second-order valence-electron chi connectivity index (χ2n) is 4.42. The van der Waals surface area contributed by atoms with Crippen LogP contribution in [0, 0.1) is 11.3 Å². The fraction of sp³-hybridized carbons (Fsp3) is 0.286. The highest BCUT2D eigenvalue weighted by atomic mass is 16.5. The van der Waals surface area contributed by atoms with Crippen molar-refractivity contribution in [2.45, 2.75) is 26.5 Å². The molecule has 0 atom stereocenters. The lowest BCUT2D eigenvalue weighted by Gasteiger charge is -2.15. The number of nitrogens with zero attached hydrogens (tertiary/aromatic N) is 2. The number of nitrogens with one attached hydrogen (secondary N) is 2. The van der Waals surface area contributed by atoms with Crippen LogP contribution in [0.3, 0.4) is 0 Å². The molecule has 1 aromatic carbocycles. The maximum Gasteiger partial charge on any atom is 0.142 e. The summed E-state index contributed by atoms with van der Waals surface area (Å²) in [6, 6.07) is 9.37. The molecule has 0 spiro atoms. The van der Waals surface area contributed by atoms with E-state index in [-0.39, 0.29) is 6.10 Å². The van der Waals surface area contributed by atoms with Gasteiger partial charge in [-0.15, -0.1) is 0 Å². The molecule has 2 rings (SSSR count). The number of ether oxygens (including phenoxy) is 1. The Bertz CT molecular complexity index is 570. The normalized spacial score (nSPS) is 10.2. The van der Waals surface area contributed by atoms with Crippen molar-refractivity contribution in [2.24, 2.45) is 0 Å². The number of hydrogen-bond donors (Lipinski definition) is 2. The molecule has 0 saturated carbocycles. The predicted octanol–water partition coefficient (Wildman–Crippen LogP) is 2.68. The van der Waals surface area contributed by atoms with E-state index in [1.54, 1.807) is 18.3 Å². The first kappa shape index (κ1) is 13.0. The van der Waals surface area contributed by atoms with Crippen molar-refractivity contribution in [1.29, 1.82) is 5.26 Å². The van der Waals surface area contributed by atoms with E-state index in [9.17, 15) is 0 Å². The summed E-state index contributed by atoms with van der Waals surface area (Å²) >= 11 is 0. The van der Waals surface area contributed by atoms with E-state index >= 15 is 0 Å². The van der Waals surface area contributed by atoms with Gasteiger partial charge in [0.05, 0.1) is 35.7 Å². The number of anilines is 1. The van der Waals surface area contributed by atoms with Gasteiger partial charge in [-0.1, -0.05) is 0 Å². The summed E-state index contributed by atoms with van der Waals surface area (Å²) in [6.45, 7) is 4.54. The van der Waals surface area contributed by atoms with Crippen LogP contribution in [0.2, 0.25) is 0 Å². The zero-order valence-electron chi connectivity index (χ0n) is 11.0. The minimum absolute atomic E-state index is 0.0839. The molecule has 0 aliphatic carbocycles. The van der Waals surface area contributed by atoms with Crippen molar-refractivity contribution in [3.63, 3.8) is 0 Å². The smallest absolute Gasteiger partial charge is 0.142 e. The van der Waals surface area contributed by atoms with Gasteiger partial charge in [-0.3, -0.25) is 5.10 Å². The van der Waals surface area contributed by atoms with E-state index in [1.807, 2.05) is 26.0 Å². The highest BCUT2D eigenvalue weighted by molar-refractivity contribution is 5.60. The van der Waals surface area contributed by atoms with Crippen LogP contribution in [-0.2, 0) is 6.54 Å². The van der Waals surface area contributed by atoms with Crippen molar-refractivity contribution >= 4 is 5.69 Å². The largest absolute Gasteiger partial charge is 0.489 e. The maximum atomic E-state index is 8.95. The van der Waals surface area contributed by atoms with Crippen molar-refractivity contribution in [2.75, 3.05) is 5.32 Å². The fourth-order valence-corrected chi connectivity index (χ4v) is 1.67. The Hall–Kier alpha value is -2.48. The molecule has 1 heterocycles. The van der Waals surface area contributed by atoms with Gasteiger partial charge in [-0.05, 0) is 38.1 Å². The Kier molecular flexibility index (Phi) is 4.04. The third-order valence-electron chi connectivity index (χ3n) is 2.50. The van der Waals surface area contributed by atoms with Crippen molar-refractivity contribution in [3.8, 4) is 11.8 Å². The van der Waals surface area contributed by atoms with Crippen LogP contribution in [0.1, 0.15) is 25.1 Å². The summed E-state index contributed by atoms with van der Waals surface area (Å²) in [5.74, 6) is 0.744. The number of H-pyrrole nitrogens is 1. The van der Waals surface area contributed by atoms with Crippen LogP contribution >= 0.6 is 0 Å². The van der Waals surface area contributed by atoms with Crippen LogP contribution in [0.4, 0.5) is 5.69 Å². The third kappa shape index (κ3) is 3.49. The number of aromatic amines is 1.